The van der Waals surface area contributed by atoms with E-state index in [0.29, 0.717) is 0 Å². The summed E-state index contributed by atoms with van der Waals surface area (Å²) in [5.41, 5.74) is -0.0953. The van der Waals surface area contributed by atoms with Crippen LogP contribution in [0.15, 0.2) is 18.2 Å². The van der Waals surface area contributed by atoms with Gasteiger partial charge in [-0.15, -0.1) is 0 Å². The Bertz CT molecular complexity index is 499. The van der Waals surface area contributed by atoms with Gasteiger partial charge in [0.2, 0.25) is 0 Å². The Morgan fingerprint density at radius 3 is 2.57 bits per heavy atom. The van der Waals surface area contributed by atoms with Gasteiger partial charge in [-0.2, -0.15) is 0 Å². The zero-order valence-electron chi connectivity index (χ0n) is 12.7. The van der Waals surface area contributed by atoms with Crippen LogP contribution in [0.2, 0.25) is 0 Å². The molecule has 1 amide bonds. The number of rotatable bonds is 4. The lowest BCUT2D eigenvalue weighted by Gasteiger charge is -2.23. The minimum Gasteiger partial charge on any atom is -0.444 e. The molecule has 0 fully saturated rings. The van der Waals surface area contributed by atoms with Gasteiger partial charge in [-0.25, -0.2) is 9.18 Å². The summed E-state index contributed by atoms with van der Waals surface area (Å²) in [5, 5.41) is 22.3. The highest BCUT2D eigenvalue weighted by Gasteiger charge is 2.23. The van der Waals surface area contributed by atoms with Gasteiger partial charge in [-0.1, -0.05) is 12.1 Å². The van der Waals surface area contributed by atoms with E-state index in [9.17, 15) is 19.4 Å². The van der Waals surface area contributed by atoms with E-state index < -0.39 is 29.7 Å². The third kappa shape index (κ3) is 5.32. The van der Waals surface area contributed by atoms with E-state index in [4.69, 9.17) is 4.74 Å². The minimum absolute atomic E-state index is 0.202. The molecule has 0 bridgehead atoms. The van der Waals surface area contributed by atoms with Crippen molar-refractivity contribution in [1.29, 1.82) is 0 Å². The zero-order chi connectivity index (χ0) is 16.2. The molecule has 0 aromatic heterocycles. The summed E-state index contributed by atoms with van der Waals surface area (Å²) in [6.45, 7) is 6.46. The first kappa shape index (κ1) is 17.4. The Hall–Kier alpha value is -1.66. The van der Waals surface area contributed by atoms with Gasteiger partial charge in [0, 0.05) is 6.54 Å². The highest BCUT2D eigenvalue weighted by Crippen LogP contribution is 2.22. The Morgan fingerprint density at radius 1 is 1.38 bits per heavy atom. The van der Waals surface area contributed by atoms with Crippen LogP contribution in [0.4, 0.5) is 9.18 Å². The third-order valence-corrected chi connectivity index (χ3v) is 2.85. The number of halogens is 1. The highest BCUT2D eigenvalue weighted by atomic mass is 19.1. The van der Waals surface area contributed by atoms with Gasteiger partial charge in [0.1, 0.15) is 23.6 Å². The zero-order valence-corrected chi connectivity index (χ0v) is 12.7. The molecule has 6 heteroatoms. The van der Waals surface area contributed by atoms with Crippen molar-refractivity contribution in [1.82, 2.24) is 5.32 Å². The van der Waals surface area contributed by atoms with E-state index in [1.165, 1.54) is 25.1 Å². The average Bonchev–Trinajstić information content (AvgIpc) is 2.36. The topological polar surface area (TPSA) is 78.8 Å². The van der Waals surface area contributed by atoms with Crippen molar-refractivity contribution in [2.45, 2.75) is 45.5 Å². The first-order valence-corrected chi connectivity index (χ1v) is 6.70. The summed E-state index contributed by atoms with van der Waals surface area (Å²) in [7, 11) is 0. The SMILES string of the molecule is Cc1c(F)cccc1C(O)C(O)CNC(=O)OC(C)(C)C. The van der Waals surface area contributed by atoms with Crippen LogP contribution < -0.4 is 5.32 Å². The number of aliphatic hydroxyl groups excluding tert-OH is 2. The molecular formula is C15H22FNO4. The lowest BCUT2D eigenvalue weighted by molar-refractivity contribution is 0.0125. The predicted molar refractivity (Wildman–Crippen MR) is 76.3 cm³/mol. The van der Waals surface area contributed by atoms with Crippen LogP contribution in [0.5, 0.6) is 0 Å². The number of aliphatic hydroxyl groups is 2. The van der Waals surface area contributed by atoms with Gasteiger partial charge in [0.15, 0.2) is 0 Å². The number of nitrogens with one attached hydrogen (secondary N) is 1. The fraction of sp³-hybridized carbons (Fsp3) is 0.533. The Labute approximate surface area is 123 Å². The summed E-state index contributed by atoms with van der Waals surface area (Å²) in [4.78, 5) is 11.5. The molecule has 0 aliphatic heterocycles. The Balaban J connectivity index is 2.61. The first-order valence-electron chi connectivity index (χ1n) is 6.70. The van der Waals surface area contributed by atoms with Gasteiger partial charge < -0.3 is 20.3 Å². The molecule has 0 heterocycles. The summed E-state index contributed by atoms with van der Waals surface area (Å²) < 4.78 is 18.4. The molecule has 5 nitrogen and oxygen atoms in total. The molecule has 0 spiro atoms. The summed E-state index contributed by atoms with van der Waals surface area (Å²) >= 11 is 0. The maximum absolute atomic E-state index is 13.4. The molecule has 0 saturated heterocycles. The van der Waals surface area contributed by atoms with Gasteiger partial charge >= 0.3 is 6.09 Å². The average molecular weight is 299 g/mol. The van der Waals surface area contributed by atoms with Crippen LogP contribution in [0, 0.1) is 12.7 Å². The lowest BCUT2D eigenvalue weighted by Crippen LogP contribution is -2.39. The standard InChI is InChI=1S/C15H22FNO4/c1-9-10(6-5-7-11(9)16)13(19)12(18)8-17-14(20)21-15(2,3)4/h5-7,12-13,18-19H,8H2,1-4H3,(H,17,20). The second-order valence-electron chi connectivity index (χ2n) is 5.85. The van der Waals surface area contributed by atoms with Gasteiger partial charge in [0.05, 0.1) is 0 Å². The van der Waals surface area contributed by atoms with Crippen molar-refractivity contribution in [3.8, 4) is 0 Å². The highest BCUT2D eigenvalue weighted by molar-refractivity contribution is 5.67. The normalized spacial score (nSPS) is 14.4. The van der Waals surface area contributed by atoms with Crippen LogP contribution in [0.25, 0.3) is 0 Å². The molecule has 1 rings (SSSR count). The fourth-order valence-corrected chi connectivity index (χ4v) is 1.77. The Kier molecular flexibility index (Phi) is 5.69. The lowest BCUT2D eigenvalue weighted by atomic mass is 9.99. The second kappa shape index (κ2) is 6.87. The number of alkyl carbamates (subject to hydrolysis) is 1. The van der Waals surface area contributed by atoms with Crippen molar-refractivity contribution in [3.63, 3.8) is 0 Å². The van der Waals surface area contributed by atoms with E-state index in [1.807, 2.05) is 0 Å². The number of ether oxygens (including phenoxy) is 1. The Morgan fingerprint density at radius 2 is 2.00 bits per heavy atom. The van der Waals surface area contributed by atoms with Crippen LogP contribution in [0.1, 0.15) is 38.0 Å². The van der Waals surface area contributed by atoms with Gasteiger partial charge in [0.25, 0.3) is 0 Å². The largest absolute Gasteiger partial charge is 0.444 e. The smallest absolute Gasteiger partial charge is 0.407 e. The van der Waals surface area contributed by atoms with Crippen LogP contribution in [0.3, 0.4) is 0 Å². The third-order valence-electron chi connectivity index (χ3n) is 2.85. The van der Waals surface area contributed by atoms with Crippen molar-refractivity contribution in [3.05, 3.63) is 35.1 Å². The molecule has 0 aliphatic carbocycles. The van der Waals surface area contributed by atoms with E-state index in [-0.39, 0.29) is 17.7 Å². The molecule has 0 radical (unpaired) electrons. The number of hydrogen-bond acceptors (Lipinski definition) is 4. The maximum Gasteiger partial charge on any atom is 0.407 e. The summed E-state index contributed by atoms with van der Waals surface area (Å²) in [6, 6.07) is 4.26. The number of hydrogen-bond donors (Lipinski definition) is 3. The molecule has 21 heavy (non-hydrogen) atoms. The van der Waals surface area contributed by atoms with Gasteiger partial charge in [-0.3, -0.25) is 0 Å². The van der Waals surface area contributed by atoms with E-state index in [0.717, 1.165) is 0 Å². The molecule has 118 valence electrons. The van der Waals surface area contributed by atoms with Crippen molar-refractivity contribution >= 4 is 6.09 Å². The molecule has 3 N–H and O–H groups in total. The molecule has 0 saturated carbocycles. The van der Waals surface area contributed by atoms with E-state index in [1.54, 1.807) is 20.8 Å². The molecule has 1 aromatic carbocycles. The minimum atomic E-state index is -1.30. The molecule has 2 unspecified atom stereocenters. The quantitative estimate of drug-likeness (QED) is 0.795. The second-order valence-corrected chi connectivity index (χ2v) is 5.85. The maximum atomic E-state index is 13.4. The number of amides is 1. The number of carbonyl (C=O) groups excluding carboxylic acids is 1. The van der Waals surface area contributed by atoms with Crippen molar-refractivity contribution in [2.75, 3.05) is 6.54 Å². The van der Waals surface area contributed by atoms with Crippen molar-refractivity contribution in [2.24, 2.45) is 0 Å². The number of carbonyl (C=O) groups is 1. The fourth-order valence-electron chi connectivity index (χ4n) is 1.77. The molecule has 0 aliphatic rings. The monoisotopic (exact) mass is 299 g/mol. The van der Waals surface area contributed by atoms with Crippen LogP contribution >= 0.6 is 0 Å². The summed E-state index contributed by atoms with van der Waals surface area (Å²) in [5.74, 6) is -0.459. The number of benzene rings is 1. The first-order chi connectivity index (χ1) is 9.61. The van der Waals surface area contributed by atoms with Crippen LogP contribution in [-0.4, -0.2) is 34.6 Å². The van der Waals surface area contributed by atoms with Gasteiger partial charge in [-0.05, 0) is 44.9 Å². The predicted octanol–water partition coefficient (Wildman–Crippen LogP) is 2.05. The van der Waals surface area contributed by atoms with E-state index in [2.05, 4.69) is 5.32 Å². The van der Waals surface area contributed by atoms with Crippen molar-refractivity contribution < 1.29 is 24.1 Å². The summed E-state index contributed by atoms with van der Waals surface area (Å²) in [6.07, 6.45) is -3.25. The molecule has 1 aromatic rings. The molecular weight excluding hydrogens is 277 g/mol. The molecule has 2 atom stereocenters. The van der Waals surface area contributed by atoms with E-state index >= 15 is 0 Å². The van der Waals surface area contributed by atoms with Crippen LogP contribution in [-0.2, 0) is 4.74 Å².